The molecule has 1 unspecified atom stereocenters. The topological polar surface area (TPSA) is 92.2 Å². The Morgan fingerprint density at radius 2 is 2.32 bits per heavy atom. The van der Waals surface area contributed by atoms with E-state index in [4.69, 9.17) is 14.4 Å². The van der Waals surface area contributed by atoms with E-state index in [9.17, 15) is 4.79 Å². The summed E-state index contributed by atoms with van der Waals surface area (Å²) >= 11 is 0. The highest BCUT2D eigenvalue weighted by atomic mass is 16.5. The highest BCUT2D eigenvalue weighted by Gasteiger charge is 2.27. The standard InChI is InChI=1S/C15H14N4O3/c16-9-12-14(18-6-5-17-12)22-11-3-1-7-19(10-11)15(20)13-4-2-8-21-13/h2,4-6,8,11H,1,3,7,10H2. The number of hydrogen-bond donors (Lipinski definition) is 0. The lowest BCUT2D eigenvalue weighted by Crippen LogP contribution is -2.44. The first-order valence-electron chi connectivity index (χ1n) is 6.98. The zero-order chi connectivity index (χ0) is 15.4. The van der Waals surface area contributed by atoms with Gasteiger partial charge in [-0.05, 0) is 25.0 Å². The molecule has 0 bridgehead atoms. The van der Waals surface area contributed by atoms with Crippen LogP contribution in [0.5, 0.6) is 5.88 Å². The fourth-order valence-electron chi connectivity index (χ4n) is 2.42. The molecule has 3 rings (SSSR count). The van der Waals surface area contributed by atoms with Gasteiger partial charge in [0.25, 0.3) is 11.8 Å². The predicted molar refractivity (Wildman–Crippen MR) is 75.0 cm³/mol. The second kappa shape index (κ2) is 6.26. The molecular formula is C15H14N4O3. The normalized spacial score (nSPS) is 17.8. The first-order chi connectivity index (χ1) is 10.8. The van der Waals surface area contributed by atoms with Gasteiger partial charge in [-0.15, -0.1) is 0 Å². The van der Waals surface area contributed by atoms with Gasteiger partial charge in [-0.1, -0.05) is 0 Å². The third-order valence-electron chi connectivity index (χ3n) is 3.45. The predicted octanol–water partition coefficient (Wildman–Crippen LogP) is 1.62. The van der Waals surface area contributed by atoms with Crippen molar-refractivity contribution in [1.29, 1.82) is 5.26 Å². The van der Waals surface area contributed by atoms with Crippen LogP contribution in [0.25, 0.3) is 0 Å². The summed E-state index contributed by atoms with van der Waals surface area (Å²) in [6.45, 7) is 1.09. The second-order valence-corrected chi connectivity index (χ2v) is 4.93. The minimum Gasteiger partial charge on any atom is -0.470 e. The minimum absolute atomic E-state index is 0.150. The van der Waals surface area contributed by atoms with E-state index in [1.165, 1.54) is 18.7 Å². The molecule has 3 heterocycles. The number of rotatable bonds is 3. The first kappa shape index (κ1) is 14.1. The molecule has 2 aromatic heterocycles. The average Bonchev–Trinajstić information content (AvgIpc) is 3.09. The number of nitriles is 1. The number of ether oxygens (including phenoxy) is 1. The summed E-state index contributed by atoms with van der Waals surface area (Å²) in [5.41, 5.74) is 0.150. The van der Waals surface area contributed by atoms with E-state index < -0.39 is 0 Å². The number of hydrogen-bond acceptors (Lipinski definition) is 6. The van der Waals surface area contributed by atoms with Crippen LogP contribution in [0.4, 0.5) is 0 Å². The van der Waals surface area contributed by atoms with Crippen LogP contribution in [0.15, 0.2) is 35.2 Å². The van der Waals surface area contributed by atoms with E-state index in [0.29, 0.717) is 18.8 Å². The van der Waals surface area contributed by atoms with Gasteiger partial charge in [0.2, 0.25) is 5.69 Å². The van der Waals surface area contributed by atoms with Crippen molar-refractivity contribution < 1.29 is 13.9 Å². The number of amides is 1. The molecule has 0 saturated carbocycles. The summed E-state index contributed by atoms with van der Waals surface area (Å²) in [7, 11) is 0. The van der Waals surface area contributed by atoms with Crippen molar-refractivity contribution in [2.45, 2.75) is 18.9 Å². The molecule has 1 aliphatic heterocycles. The number of likely N-dealkylation sites (tertiary alicyclic amines) is 1. The molecule has 112 valence electrons. The Labute approximate surface area is 127 Å². The Bertz CT molecular complexity index is 693. The Morgan fingerprint density at radius 1 is 1.45 bits per heavy atom. The van der Waals surface area contributed by atoms with Crippen LogP contribution in [0.2, 0.25) is 0 Å². The maximum Gasteiger partial charge on any atom is 0.289 e. The van der Waals surface area contributed by atoms with E-state index in [2.05, 4.69) is 9.97 Å². The van der Waals surface area contributed by atoms with Crippen molar-refractivity contribution >= 4 is 5.91 Å². The molecule has 1 saturated heterocycles. The van der Waals surface area contributed by atoms with Gasteiger partial charge in [0.15, 0.2) is 5.76 Å². The summed E-state index contributed by atoms with van der Waals surface area (Å²) in [6.07, 6.45) is 5.80. The van der Waals surface area contributed by atoms with Gasteiger partial charge in [0.05, 0.1) is 12.8 Å². The molecule has 0 radical (unpaired) electrons. The zero-order valence-corrected chi connectivity index (χ0v) is 11.8. The van der Waals surface area contributed by atoms with E-state index in [1.807, 2.05) is 6.07 Å². The van der Waals surface area contributed by atoms with Crippen LogP contribution in [0, 0.1) is 11.3 Å². The van der Waals surface area contributed by atoms with Crippen LogP contribution >= 0.6 is 0 Å². The van der Waals surface area contributed by atoms with Gasteiger partial charge < -0.3 is 14.1 Å². The van der Waals surface area contributed by atoms with Gasteiger partial charge in [0, 0.05) is 18.9 Å². The van der Waals surface area contributed by atoms with Crippen LogP contribution < -0.4 is 4.74 Å². The number of carbonyl (C=O) groups excluding carboxylic acids is 1. The fraction of sp³-hybridized carbons (Fsp3) is 0.333. The number of piperidine rings is 1. The third kappa shape index (κ3) is 2.91. The molecule has 1 amide bonds. The maximum atomic E-state index is 12.3. The molecular weight excluding hydrogens is 284 g/mol. The molecule has 1 atom stereocenters. The van der Waals surface area contributed by atoms with Crippen LogP contribution in [-0.4, -0.2) is 40.0 Å². The van der Waals surface area contributed by atoms with Crippen LogP contribution in [0.1, 0.15) is 29.1 Å². The molecule has 0 aromatic carbocycles. The first-order valence-corrected chi connectivity index (χ1v) is 6.98. The molecule has 2 aromatic rings. The van der Waals surface area contributed by atoms with Gasteiger partial charge in [-0.2, -0.15) is 5.26 Å². The molecule has 7 nitrogen and oxygen atoms in total. The van der Waals surface area contributed by atoms with E-state index in [1.54, 1.807) is 17.0 Å². The van der Waals surface area contributed by atoms with Crippen molar-refractivity contribution in [2.75, 3.05) is 13.1 Å². The largest absolute Gasteiger partial charge is 0.470 e. The minimum atomic E-state index is -0.212. The molecule has 0 spiro atoms. The lowest BCUT2D eigenvalue weighted by Gasteiger charge is -2.32. The summed E-state index contributed by atoms with van der Waals surface area (Å²) in [4.78, 5) is 21.9. The van der Waals surface area contributed by atoms with E-state index >= 15 is 0 Å². The van der Waals surface area contributed by atoms with Gasteiger partial charge in [-0.25, -0.2) is 9.97 Å². The zero-order valence-electron chi connectivity index (χ0n) is 11.8. The number of carbonyl (C=O) groups is 1. The third-order valence-corrected chi connectivity index (χ3v) is 3.45. The quantitative estimate of drug-likeness (QED) is 0.855. The lowest BCUT2D eigenvalue weighted by atomic mass is 10.1. The maximum absolute atomic E-state index is 12.3. The van der Waals surface area contributed by atoms with Crippen LogP contribution in [0.3, 0.4) is 0 Å². The van der Waals surface area contributed by atoms with Crippen molar-refractivity contribution in [3.63, 3.8) is 0 Å². The lowest BCUT2D eigenvalue weighted by molar-refractivity contribution is 0.0499. The number of furan rings is 1. The van der Waals surface area contributed by atoms with Crippen molar-refractivity contribution in [1.82, 2.24) is 14.9 Å². The molecule has 1 aliphatic rings. The van der Waals surface area contributed by atoms with E-state index in [-0.39, 0.29) is 23.6 Å². The summed E-state index contributed by atoms with van der Waals surface area (Å²) in [5.74, 6) is 0.373. The smallest absolute Gasteiger partial charge is 0.289 e. The summed E-state index contributed by atoms with van der Waals surface area (Å²) in [5, 5.41) is 9.00. The Hall–Kier alpha value is -2.88. The van der Waals surface area contributed by atoms with E-state index in [0.717, 1.165) is 12.8 Å². The van der Waals surface area contributed by atoms with Crippen LogP contribution in [-0.2, 0) is 0 Å². The van der Waals surface area contributed by atoms with Crippen molar-refractivity contribution in [3.05, 3.63) is 42.2 Å². The fourth-order valence-corrected chi connectivity index (χ4v) is 2.42. The highest BCUT2D eigenvalue weighted by molar-refractivity contribution is 5.91. The Morgan fingerprint density at radius 3 is 3.09 bits per heavy atom. The molecule has 0 N–H and O–H groups in total. The highest BCUT2D eigenvalue weighted by Crippen LogP contribution is 2.20. The monoisotopic (exact) mass is 298 g/mol. The molecule has 1 fully saturated rings. The molecule has 7 heteroatoms. The van der Waals surface area contributed by atoms with Crippen molar-refractivity contribution in [3.8, 4) is 11.9 Å². The second-order valence-electron chi connectivity index (χ2n) is 4.93. The summed E-state index contributed by atoms with van der Waals surface area (Å²) in [6, 6.07) is 5.27. The average molecular weight is 298 g/mol. The van der Waals surface area contributed by atoms with Gasteiger partial charge in [-0.3, -0.25) is 4.79 Å². The molecule has 22 heavy (non-hydrogen) atoms. The number of nitrogens with zero attached hydrogens (tertiary/aromatic N) is 4. The van der Waals surface area contributed by atoms with Crippen molar-refractivity contribution in [2.24, 2.45) is 0 Å². The summed E-state index contributed by atoms with van der Waals surface area (Å²) < 4.78 is 10.9. The Kier molecular flexibility index (Phi) is 4.01. The van der Waals surface area contributed by atoms with Gasteiger partial charge in [0.1, 0.15) is 12.2 Å². The Balaban J connectivity index is 1.68. The number of aromatic nitrogens is 2. The van der Waals surface area contributed by atoms with Gasteiger partial charge >= 0.3 is 0 Å². The molecule has 0 aliphatic carbocycles. The SMILES string of the molecule is N#Cc1nccnc1OC1CCCN(C(=O)c2ccco2)C1.